The van der Waals surface area contributed by atoms with Gasteiger partial charge in [-0.15, -0.1) is 0 Å². The second kappa shape index (κ2) is 4.52. The van der Waals surface area contributed by atoms with Crippen molar-refractivity contribution in [1.82, 2.24) is 9.96 Å². The van der Waals surface area contributed by atoms with Crippen molar-refractivity contribution < 1.29 is 19.5 Å². The number of amides is 2. The molecule has 0 spiro atoms. The van der Waals surface area contributed by atoms with Crippen LogP contribution >= 0.6 is 0 Å². The quantitative estimate of drug-likeness (QED) is 0.731. The van der Waals surface area contributed by atoms with E-state index in [9.17, 15) is 9.59 Å². The Morgan fingerprint density at radius 2 is 1.82 bits per heavy atom. The van der Waals surface area contributed by atoms with E-state index < -0.39 is 6.09 Å². The Balaban J connectivity index is 2.05. The van der Waals surface area contributed by atoms with Crippen LogP contribution in [0, 0.1) is 5.92 Å². The summed E-state index contributed by atoms with van der Waals surface area (Å²) in [6.45, 7) is 0. The zero-order valence-corrected chi connectivity index (χ0v) is 10.1. The molecule has 2 fully saturated rings. The fourth-order valence-electron chi connectivity index (χ4n) is 3.04. The molecule has 2 aliphatic rings. The molecule has 17 heavy (non-hydrogen) atoms. The fourth-order valence-corrected chi connectivity index (χ4v) is 3.04. The molecule has 2 saturated heterocycles. The Hall–Kier alpha value is -1.30. The molecule has 6 nitrogen and oxygen atoms in total. The van der Waals surface area contributed by atoms with Gasteiger partial charge in [-0.3, -0.25) is 9.63 Å². The van der Waals surface area contributed by atoms with E-state index in [1.807, 2.05) is 0 Å². The van der Waals surface area contributed by atoms with E-state index in [2.05, 4.69) is 0 Å². The summed E-state index contributed by atoms with van der Waals surface area (Å²) in [5.41, 5.74) is 0. The van der Waals surface area contributed by atoms with E-state index in [1.165, 1.54) is 17.1 Å². The Bertz CT molecular complexity index is 319. The summed E-state index contributed by atoms with van der Waals surface area (Å²) < 4.78 is 0. The number of hydrogen-bond acceptors (Lipinski definition) is 3. The van der Waals surface area contributed by atoms with Crippen LogP contribution in [0.1, 0.15) is 25.7 Å². The summed E-state index contributed by atoms with van der Waals surface area (Å²) in [4.78, 5) is 29.5. The maximum absolute atomic E-state index is 12.0. The van der Waals surface area contributed by atoms with Crippen molar-refractivity contribution in [3.05, 3.63) is 0 Å². The Morgan fingerprint density at radius 3 is 2.24 bits per heavy atom. The lowest BCUT2D eigenvalue weighted by Crippen LogP contribution is -2.49. The second-order valence-corrected chi connectivity index (χ2v) is 4.76. The minimum atomic E-state index is -0.858. The smallest absolute Gasteiger partial charge is 0.407 e. The molecule has 2 bridgehead atoms. The molecule has 2 unspecified atom stereocenters. The van der Waals surface area contributed by atoms with Gasteiger partial charge in [-0.05, 0) is 25.7 Å². The molecular formula is C11H18N2O4. The van der Waals surface area contributed by atoms with E-state index in [4.69, 9.17) is 9.94 Å². The van der Waals surface area contributed by atoms with E-state index in [0.29, 0.717) is 12.8 Å². The molecule has 6 heteroatoms. The van der Waals surface area contributed by atoms with Crippen molar-refractivity contribution in [3.8, 4) is 0 Å². The molecule has 2 rings (SSSR count). The number of nitrogens with zero attached hydrogens (tertiary/aromatic N) is 2. The first-order chi connectivity index (χ1) is 8.04. The summed E-state index contributed by atoms with van der Waals surface area (Å²) in [6.07, 6.45) is 2.13. The normalized spacial score (nSPS) is 31.4. The highest BCUT2D eigenvalue weighted by Gasteiger charge is 2.45. The van der Waals surface area contributed by atoms with Crippen molar-refractivity contribution in [2.24, 2.45) is 5.92 Å². The molecule has 0 saturated carbocycles. The van der Waals surface area contributed by atoms with Crippen molar-refractivity contribution >= 4 is 12.0 Å². The maximum Gasteiger partial charge on any atom is 0.407 e. The summed E-state index contributed by atoms with van der Waals surface area (Å²) in [5.74, 6) is -0.150. The van der Waals surface area contributed by atoms with Gasteiger partial charge in [0.05, 0.1) is 7.11 Å². The largest absolute Gasteiger partial charge is 0.465 e. The SMILES string of the molecule is CON(C)C(=O)C1CC2CCC(C1)N2C(=O)O. The van der Waals surface area contributed by atoms with Crippen molar-refractivity contribution in [2.75, 3.05) is 14.2 Å². The Kier molecular flexibility index (Phi) is 3.24. The molecule has 0 aromatic carbocycles. The average molecular weight is 242 g/mol. The molecule has 2 amide bonds. The van der Waals surface area contributed by atoms with Gasteiger partial charge in [0, 0.05) is 25.0 Å². The monoisotopic (exact) mass is 242 g/mol. The molecule has 2 heterocycles. The van der Waals surface area contributed by atoms with E-state index >= 15 is 0 Å². The summed E-state index contributed by atoms with van der Waals surface area (Å²) in [5, 5.41) is 10.3. The molecular weight excluding hydrogens is 224 g/mol. The van der Waals surface area contributed by atoms with Crippen LogP contribution in [-0.4, -0.2) is 53.3 Å². The lowest BCUT2D eigenvalue weighted by atomic mass is 9.90. The number of piperidine rings is 1. The molecule has 0 aliphatic carbocycles. The van der Waals surface area contributed by atoms with Crippen LogP contribution in [0.25, 0.3) is 0 Å². The predicted octanol–water partition coefficient (Wildman–Crippen LogP) is 0.927. The highest BCUT2D eigenvalue weighted by atomic mass is 16.7. The van der Waals surface area contributed by atoms with E-state index in [-0.39, 0.29) is 23.9 Å². The fraction of sp³-hybridized carbons (Fsp3) is 0.818. The first kappa shape index (κ1) is 12.2. The van der Waals surface area contributed by atoms with Crippen LogP contribution in [0.4, 0.5) is 4.79 Å². The number of hydroxylamine groups is 2. The zero-order chi connectivity index (χ0) is 12.6. The molecule has 0 radical (unpaired) electrons. The lowest BCUT2D eigenvalue weighted by molar-refractivity contribution is -0.175. The predicted molar refractivity (Wildman–Crippen MR) is 59.2 cm³/mol. The standard InChI is InChI=1S/C11H18N2O4/c1-12(17-2)10(14)7-5-8-3-4-9(6-7)13(8)11(15)16/h7-9H,3-6H2,1-2H3,(H,15,16). The van der Waals surface area contributed by atoms with Crippen molar-refractivity contribution in [2.45, 2.75) is 37.8 Å². The number of carboxylic acid groups (broad SMARTS) is 1. The van der Waals surface area contributed by atoms with Crippen molar-refractivity contribution in [1.29, 1.82) is 0 Å². The van der Waals surface area contributed by atoms with Crippen LogP contribution in [0.2, 0.25) is 0 Å². The molecule has 0 aromatic heterocycles. The van der Waals surface area contributed by atoms with Gasteiger partial charge >= 0.3 is 6.09 Å². The third kappa shape index (κ3) is 2.09. The molecule has 1 N–H and O–H groups in total. The van der Waals surface area contributed by atoms with Gasteiger partial charge in [0.25, 0.3) is 0 Å². The number of carbonyl (C=O) groups excluding carboxylic acids is 1. The first-order valence-corrected chi connectivity index (χ1v) is 5.87. The first-order valence-electron chi connectivity index (χ1n) is 5.87. The minimum absolute atomic E-state index is 0.00505. The summed E-state index contributed by atoms with van der Waals surface area (Å²) in [6, 6.07) is 0.0101. The van der Waals surface area contributed by atoms with Crippen LogP contribution in [0.15, 0.2) is 0 Å². The third-order valence-electron chi connectivity index (χ3n) is 3.89. The van der Waals surface area contributed by atoms with Gasteiger partial charge in [-0.25, -0.2) is 9.86 Å². The van der Waals surface area contributed by atoms with Crippen LogP contribution in [-0.2, 0) is 9.63 Å². The highest BCUT2D eigenvalue weighted by molar-refractivity contribution is 5.78. The Morgan fingerprint density at radius 1 is 1.29 bits per heavy atom. The van der Waals surface area contributed by atoms with Gasteiger partial charge in [0.2, 0.25) is 5.91 Å². The Labute approximate surface area is 100 Å². The van der Waals surface area contributed by atoms with Crippen LogP contribution < -0.4 is 0 Å². The summed E-state index contributed by atoms with van der Waals surface area (Å²) >= 11 is 0. The number of fused-ring (bicyclic) bond motifs is 2. The van der Waals surface area contributed by atoms with Crippen molar-refractivity contribution in [3.63, 3.8) is 0 Å². The van der Waals surface area contributed by atoms with Gasteiger partial charge in [-0.1, -0.05) is 0 Å². The summed E-state index contributed by atoms with van der Waals surface area (Å²) in [7, 11) is 3.05. The lowest BCUT2D eigenvalue weighted by Gasteiger charge is -2.37. The van der Waals surface area contributed by atoms with Gasteiger partial charge in [0.15, 0.2) is 0 Å². The zero-order valence-electron chi connectivity index (χ0n) is 10.1. The highest BCUT2D eigenvalue weighted by Crippen LogP contribution is 2.39. The average Bonchev–Trinajstić information content (AvgIpc) is 2.58. The van der Waals surface area contributed by atoms with Crippen LogP contribution in [0.5, 0.6) is 0 Å². The molecule has 0 aromatic rings. The second-order valence-electron chi connectivity index (χ2n) is 4.76. The third-order valence-corrected chi connectivity index (χ3v) is 3.89. The molecule has 96 valence electrons. The number of carbonyl (C=O) groups is 2. The van der Waals surface area contributed by atoms with Gasteiger partial charge in [-0.2, -0.15) is 0 Å². The van der Waals surface area contributed by atoms with Gasteiger partial charge < -0.3 is 10.0 Å². The van der Waals surface area contributed by atoms with Crippen LogP contribution in [0.3, 0.4) is 0 Å². The van der Waals surface area contributed by atoms with E-state index in [1.54, 1.807) is 7.05 Å². The molecule has 2 atom stereocenters. The minimum Gasteiger partial charge on any atom is -0.465 e. The maximum atomic E-state index is 12.0. The number of hydrogen-bond donors (Lipinski definition) is 1. The number of rotatable bonds is 2. The van der Waals surface area contributed by atoms with Gasteiger partial charge in [0.1, 0.15) is 0 Å². The van der Waals surface area contributed by atoms with E-state index in [0.717, 1.165) is 12.8 Å². The topological polar surface area (TPSA) is 70.1 Å². The molecule has 2 aliphatic heterocycles.